The van der Waals surface area contributed by atoms with E-state index in [4.69, 9.17) is 9.84 Å². The van der Waals surface area contributed by atoms with Gasteiger partial charge in [-0.2, -0.15) is 0 Å². The van der Waals surface area contributed by atoms with E-state index in [0.717, 1.165) is 0 Å². The molecule has 1 amide bonds. The minimum Gasteiger partial charge on any atom is -0.392 e. The lowest BCUT2D eigenvalue weighted by atomic mass is 10.3. The predicted molar refractivity (Wildman–Crippen MR) is 83.4 cm³/mol. The molecule has 22 heavy (non-hydrogen) atoms. The molecule has 0 saturated carbocycles. The van der Waals surface area contributed by atoms with E-state index in [2.05, 4.69) is 4.72 Å². The first-order valence-electron chi connectivity index (χ1n) is 6.97. The lowest BCUT2D eigenvalue weighted by Crippen LogP contribution is -2.49. The maximum Gasteiger partial charge on any atom is 0.264 e. The Labute approximate surface area is 133 Å². The first kappa shape index (κ1) is 17.4. The minimum atomic E-state index is -3.55. The van der Waals surface area contributed by atoms with Crippen LogP contribution in [0.3, 0.4) is 0 Å². The van der Waals surface area contributed by atoms with Crippen LogP contribution in [0.2, 0.25) is 0 Å². The lowest BCUT2D eigenvalue weighted by molar-refractivity contribution is -0.0108. The second-order valence-electron chi connectivity index (χ2n) is 5.20. The van der Waals surface area contributed by atoms with Crippen molar-refractivity contribution in [3.05, 3.63) is 22.4 Å². The quantitative estimate of drug-likeness (QED) is 0.748. The third kappa shape index (κ3) is 5.03. The van der Waals surface area contributed by atoms with Gasteiger partial charge in [0.2, 0.25) is 10.0 Å². The van der Waals surface area contributed by atoms with Crippen molar-refractivity contribution in [2.75, 3.05) is 32.0 Å². The predicted octanol–water partition coefficient (Wildman–Crippen LogP) is -0.111. The number of carbonyl (C=O) groups is 1. The average Bonchev–Trinajstić information content (AvgIpc) is 2.98. The summed E-state index contributed by atoms with van der Waals surface area (Å²) in [7, 11) is -3.55. The number of amides is 1. The van der Waals surface area contributed by atoms with Crippen LogP contribution >= 0.6 is 11.3 Å². The van der Waals surface area contributed by atoms with Gasteiger partial charge in [0.15, 0.2) is 0 Å². The Bertz CT molecular complexity index is 586. The van der Waals surface area contributed by atoms with Crippen molar-refractivity contribution < 1.29 is 23.1 Å². The van der Waals surface area contributed by atoms with Gasteiger partial charge in [0, 0.05) is 19.6 Å². The molecule has 0 spiro atoms. The van der Waals surface area contributed by atoms with E-state index in [1.54, 1.807) is 17.0 Å². The molecule has 0 aliphatic carbocycles. The van der Waals surface area contributed by atoms with Crippen molar-refractivity contribution in [3.8, 4) is 0 Å². The monoisotopic (exact) mass is 348 g/mol. The number of carbonyl (C=O) groups excluding carboxylic acids is 1. The van der Waals surface area contributed by atoms with E-state index in [9.17, 15) is 13.2 Å². The second-order valence-corrected chi connectivity index (χ2v) is 8.00. The van der Waals surface area contributed by atoms with Crippen LogP contribution in [-0.2, 0) is 14.8 Å². The molecule has 2 heterocycles. The SMILES string of the molecule is C[C@H](O)CNS(=O)(=O)C[C@H]1CN(C(=O)c2cccs2)CCO1. The fourth-order valence-corrected chi connectivity index (χ4v) is 4.11. The Morgan fingerprint density at radius 3 is 3.05 bits per heavy atom. The van der Waals surface area contributed by atoms with Crippen LogP contribution in [0.15, 0.2) is 17.5 Å². The molecular formula is C13H20N2O5S2. The van der Waals surface area contributed by atoms with E-state index in [1.807, 2.05) is 5.38 Å². The molecule has 1 aromatic heterocycles. The first-order chi connectivity index (χ1) is 10.4. The molecule has 0 radical (unpaired) electrons. The molecule has 1 aliphatic heterocycles. The number of thiophene rings is 1. The van der Waals surface area contributed by atoms with Gasteiger partial charge in [-0.3, -0.25) is 4.79 Å². The number of hydrogen-bond acceptors (Lipinski definition) is 6. The number of hydrogen-bond donors (Lipinski definition) is 2. The maximum absolute atomic E-state index is 12.3. The van der Waals surface area contributed by atoms with Crippen molar-refractivity contribution in [2.45, 2.75) is 19.1 Å². The summed E-state index contributed by atoms with van der Waals surface area (Å²) in [5, 5.41) is 11.0. The standard InChI is InChI=1S/C13H20N2O5S2/c1-10(16)7-14-22(18,19)9-11-8-15(4-5-20-11)13(17)12-3-2-6-21-12/h2-3,6,10-11,14,16H,4-5,7-9H2,1H3/t10-,11+/m0/s1. The van der Waals surface area contributed by atoms with Gasteiger partial charge in [0.25, 0.3) is 5.91 Å². The van der Waals surface area contributed by atoms with E-state index in [0.29, 0.717) is 18.0 Å². The fourth-order valence-electron chi connectivity index (χ4n) is 2.11. The number of aliphatic hydroxyl groups is 1. The molecule has 124 valence electrons. The zero-order valence-electron chi connectivity index (χ0n) is 12.3. The van der Waals surface area contributed by atoms with E-state index < -0.39 is 22.2 Å². The van der Waals surface area contributed by atoms with Gasteiger partial charge in [0.05, 0.1) is 29.4 Å². The number of morpholine rings is 1. The molecule has 1 aliphatic rings. The first-order valence-corrected chi connectivity index (χ1v) is 9.50. The van der Waals surface area contributed by atoms with Crippen LogP contribution in [0.25, 0.3) is 0 Å². The molecule has 9 heteroatoms. The second kappa shape index (κ2) is 7.51. The normalized spacial score (nSPS) is 20.8. The maximum atomic E-state index is 12.3. The summed E-state index contributed by atoms with van der Waals surface area (Å²) in [5.41, 5.74) is 0. The zero-order valence-corrected chi connectivity index (χ0v) is 13.9. The van der Waals surface area contributed by atoms with Crippen LogP contribution in [0.4, 0.5) is 0 Å². The Kier molecular flexibility index (Phi) is 5.93. The largest absolute Gasteiger partial charge is 0.392 e. The van der Waals surface area contributed by atoms with E-state index >= 15 is 0 Å². The van der Waals surface area contributed by atoms with Crippen LogP contribution in [0, 0.1) is 0 Å². The number of nitrogens with one attached hydrogen (secondary N) is 1. The summed E-state index contributed by atoms with van der Waals surface area (Å²) in [6.07, 6.45) is -1.32. The summed E-state index contributed by atoms with van der Waals surface area (Å²) < 4.78 is 31.6. The average molecular weight is 348 g/mol. The van der Waals surface area contributed by atoms with Gasteiger partial charge in [-0.15, -0.1) is 11.3 Å². The highest BCUT2D eigenvalue weighted by Gasteiger charge is 2.29. The molecule has 0 aromatic carbocycles. The molecule has 1 fully saturated rings. The van der Waals surface area contributed by atoms with Crippen molar-refractivity contribution in [1.82, 2.24) is 9.62 Å². The van der Waals surface area contributed by atoms with E-state index in [-0.39, 0.29) is 24.7 Å². The third-order valence-electron chi connectivity index (χ3n) is 3.16. The molecule has 7 nitrogen and oxygen atoms in total. The molecular weight excluding hydrogens is 328 g/mol. The summed E-state index contributed by atoms with van der Waals surface area (Å²) in [6.45, 7) is 2.47. The highest BCUT2D eigenvalue weighted by molar-refractivity contribution is 7.89. The Morgan fingerprint density at radius 2 is 2.41 bits per heavy atom. The van der Waals surface area contributed by atoms with Gasteiger partial charge in [-0.25, -0.2) is 13.1 Å². The number of ether oxygens (including phenoxy) is 1. The summed E-state index contributed by atoms with van der Waals surface area (Å²) in [5.74, 6) is -0.328. The molecule has 0 bridgehead atoms. The topological polar surface area (TPSA) is 95.9 Å². The Morgan fingerprint density at radius 1 is 1.64 bits per heavy atom. The van der Waals surface area contributed by atoms with Gasteiger partial charge < -0.3 is 14.7 Å². The summed E-state index contributed by atoms with van der Waals surface area (Å²) in [4.78, 5) is 14.5. The van der Waals surface area contributed by atoms with Crippen LogP contribution in [0.5, 0.6) is 0 Å². The highest BCUT2D eigenvalue weighted by atomic mass is 32.2. The van der Waals surface area contributed by atoms with Gasteiger partial charge in [-0.05, 0) is 18.4 Å². The third-order valence-corrected chi connectivity index (χ3v) is 5.44. The number of rotatable bonds is 6. The van der Waals surface area contributed by atoms with Crippen molar-refractivity contribution >= 4 is 27.3 Å². The van der Waals surface area contributed by atoms with Crippen LogP contribution < -0.4 is 4.72 Å². The molecule has 0 unspecified atom stereocenters. The highest BCUT2D eigenvalue weighted by Crippen LogP contribution is 2.15. The van der Waals surface area contributed by atoms with Gasteiger partial charge in [-0.1, -0.05) is 6.07 Å². The minimum absolute atomic E-state index is 0.0348. The Balaban J connectivity index is 1.92. The molecule has 2 atom stereocenters. The smallest absolute Gasteiger partial charge is 0.264 e. The molecule has 2 N–H and O–H groups in total. The summed E-state index contributed by atoms with van der Waals surface area (Å²) >= 11 is 1.36. The van der Waals surface area contributed by atoms with Crippen molar-refractivity contribution in [3.63, 3.8) is 0 Å². The summed E-state index contributed by atoms with van der Waals surface area (Å²) in [6, 6.07) is 3.55. The lowest BCUT2D eigenvalue weighted by Gasteiger charge is -2.32. The number of aliphatic hydroxyl groups excluding tert-OH is 1. The zero-order chi connectivity index (χ0) is 16.2. The van der Waals surface area contributed by atoms with Gasteiger partial charge >= 0.3 is 0 Å². The molecule has 1 aromatic rings. The van der Waals surface area contributed by atoms with Gasteiger partial charge in [0.1, 0.15) is 0 Å². The molecule has 2 rings (SSSR count). The van der Waals surface area contributed by atoms with E-state index in [1.165, 1.54) is 18.3 Å². The number of nitrogens with zero attached hydrogens (tertiary/aromatic N) is 1. The van der Waals surface area contributed by atoms with Crippen molar-refractivity contribution in [1.29, 1.82) is 0 Å². The van der Waals surface area contributed by atoms with Crippen molar-refractivity contribution in [2.24, 2.45) is 0 Å². The van der Waals surface area contributed by atoms with Crippen LogP contribution in [0.1, 0.15) is 16.6 Å². The fraction of sp³-hybridized carbons (Fsp3) is 0.615. The number of sulfonamides is 1. The Hall–Kier alpha value is -1.00. The molecule has 1 saturated heterocycles. The van der Waals surface area contributed by atoms with Crippen LogP contribution in [-0.4, -0.2) is 68.5 Å².